The molecule has 0 radical (unpaired) electrons. The van der Waals surface area contributed by atoms with Gasteiger partial charge in [0.25, 0.3) is 5.69 Å². The number of nitrogens with one attached hydrogen (secondary N) is 3. The zero-order chi connectivity index (χ0) is 27.8. The standard InChI is InChI=1S/C22H19N7O9/c1-37-21(31)13-8-14(22(32)38-2)10-15(9-13)25-19-18(29(35)36)20(24-11-23-19)27-26-17(30)7-12-3-5-16(6-4-12)28(33)34/h3-6,8-11H,7H2,1-2H3,(H,26,30)(H2,23,24,25,27). The summed E-state index contributed by atoms with van der Waals surface area (Å²) >= 11 is 0. The smallest absolute Gasteiger partial charge is 0.355 e. The number of nitro groups is 2. The van der Waals surface area contributed by atoms with Gasteiger partial charge in [0, 0.05) is 17.8 Å². The molecule has 2 aromatic carbocycles. The first-order chi connectivity index (χ1) is 18.1. The van der Waals surface area contributed by atoms with Gasteiger partial charge in [-0.3, -0.25) is 35.9 Å². The van der Waals surface area contributed by atoms with Crippen molar-refractivity contribution in [2.75, 3.05) is 25.0 Å². The Labute approximate surface area is 213 Å². The van der Waals surface area contributed by atoms with E-state index in [1.165, 1.54) is 42.5 Å². The van der Waals surface area contributed by atoms with Gasteiger partial charge in [-0.1, -0.05) is 12.1 Å². The number of non-ortho nitro benzene ring substituents is 1. The first kappa shape index (κ1) is 26.9. The normalized spacial score (nSPS) is 10.2. The third kappa shape index (κ3) is 6.51. The van der Waals surface area contributed by atoms with Gasteiger partial charge in [-0.05, 0) is 23.8 Å². The highest BCUT2D eigenvalue weighted by Crippen LogP contribution is 2.31. The molecule has 0 unspecified atom stereocenters. The van der Waals surface area contributed by atoms with E-state index in [-0.39, 0.29) is 40.6 Å². The Kier molecular flexibility index (Phi) is 8.39. The van der Waals surface area contributed by atoms with E-state index in [9.17, 15) is 34.6 Å². The van der Waals surface area contributed by atoms with Gasteiger partial charge in [0.15, 0.2) is 0 Å². The van der Waals surface area contributed by atoms with Crippen molar-refractivity contribution in [1.82, 2.24) is 15.4 Å². The van der Waals surface area contributed by atoms with Gasteiger partial charge >= 0.3 is 17.6 Å². The third-order valence-corrected chi connectivity index (χ3v) is 4.87. The number of hydrogen-bond acceptors (Lipinski definition) is 13. The van der Waals surface area contributed by atoms with E-state index >= 15 is 0 Å². The summed E-state index contributed by atoms with van der Waals surface area (Å²) in [7, 11) is 2.28. The summed E-state index contributed by atoms with van der Waals surface area (Å²) in [6.45, 7) is 0. The fourth-order valence-corrected chi connectivity index (χ4v) is 3.14. The van der Waals surface area contributed by atoms with Gasteiger partial charge in [-0.25, -0.2) is 19.6 Å². The van der Waals surface area contributed by atoms with E-state index in [2.05, 4.69) is 35.6 Å². The van der Waals surface area contributed by atoms with Gasteiger partial charge in [-0.2, -0.15) is 0 Å². The lowest BCUT2D eigenvalue weighted by Crippen LogP contribution is -2.31. The molecule has 0 bridgehead atoms. The number of methoxy groups -OCH3 is 2. The summed E-state index contributed by atoms with van der Waals surface area (Å²) in [5.74, 6) is -2.85. The predicted octanol–water partition coefficient (Wildman–Crippen LogP) is 2.30. The van der Waals surface area contributed by atoms with Crippen molar-refractivity contribution in [3.63, 3.8) is 0 Å². The minimum Gasteiger partial charge on any atom is -0.465 e. The Hall–Kier alpha value is -5.67. The number of ether oxygens (including phenoxy) is 2. The number of hydrazine groups is 1. The molecule has 0 aliphatic rings. The summed E-state index contributed by atoms with van der Waals surface area (Å²) in [5, 5.41) is 25.2. The van der Waals surface area contributed by atoms with Crippen LogP contribution in [0.1, 0.15) is 26.3 Å². The number of anilines is 3. The van der Waals surface area contributed by atoms with Crippen molar-refractivity contribution in [2.24, 2.45) is 0 Å². The molecule has 0 saturated carbocycles. The lowest BCUT2D eigenvalue weighted by atomic mass is 10.1. The number of carbonyl (C=O) groups is 3. The zero-order valence-corrected chi connectivity index (χ0v) is 19.8. The number of amides is 1. The van der Waals surface area contributed by atoms with Crippen LogP contribution in [0, 0.1) is 20.2 Å². The van der Waals surface area contributed by atoms with Crippen LogP contribution in [0.5, 0.6) is 0 Å². The first-order valence-corrected chi connectivity index (χ1v) is 10.5. The number of hydrogen-bond donors (Lipinski definition) is 3. The quantitative estimate of drug-likeness (QED) is 0.197. The molecular formula is C22H19N7O9. The maximum Gasteiger partial charge on any atom is 0.355 e. The summed E-state index contributed by atoms with van der Waals surface area (Å²) in [5.41, 5.74) is 4.29. The maximum atomic E-state index is 12.3. The molecule has 1 aromatic heterocycles. The molecule has 196 valence electrons. The largest absolute Gasteiger partial charge is 0.465 e. The number of nitrogens with zero attached hydrogens (tertiary/aromatic N) is 4. The van der Waals surface area contributed by atoms with Gasteiger partial charge in [-0.15, -0.1) is 0 Å². The zero-order valence-electron chi connectivity index (χ0n) is 19.8. The van der Waals surface area contributed by atoms with E-state index in [1.54, 1.807) is 0 Å². The number of benzene rings is 2. The highest BCUT2D eigenvalue weighted by Gasteiger charge is 2.24. The summed E-state index contributed by atoms with van der Waals surface area (Å²) < 4.78 is 9.34. The number of aromatic nitrogens is 2. The SMILES string of the molecule is COC(=O)c1cc(Nc2ncnc(NNC(=O)Cc3ccc([N+](=O)[O-])cc3)c2[N+](=O)[O-])cc(C(=O)OC)c1. The van der Waals surface area contributed by atoms with Gasteiger partial charge in [0.05, 0.1) is 41.6 Å². The van der Waals surface area contributed by atoms with E-state index in [4.69, 9.17) is 0 Å². The van der Waals surface area contributed by atoms with Crippen LogP contribution in [-0.4, -0.2) is 51.9 Å². The van der Waals surface area contributed by atoms with Crippen molar-refractivity contribution < 1.29 is 33.7 Å². The van der Waals surface area contributed by atoms with Crippen LogP contribution in [0.15, 0.2) is 48.8 Å². The van der Waals surface area contributed by atoms with Crippen molar-refractivity contribution >= 4 is 46.5 Å². The minimum atomic E-state index is -0.807. The maximum absolute atomic E-state index is 12.3. The van der Waals surface area contributed by atoms with Crippen molar-refractivity contribution in [3.8, 4) is 0 Å². The van der Waals surface area contributed by atoms with Gasteiger partial charge < -0.3 is 14.8 Å². The molecule has 3 rings (SSSR count). The van der Waals surface area contributed by atoms with Crippen LogP contribution in [0.2, 0.25) is 0 Å². The third-order valence-electron chi connectivity index (χ3n) is 4.87. The molecule has 16 heteroatoms. The lowest BCUT2D eigenvalue weighted by molar-refractivity contribution is -0.384. The molecule has 16 nitrogen and oxygen atoms in total. The van der Waals surface area contributed by atoms with Crippen molar-refractivity contribution in [3.05, 3.63) is 85.7 Å². The number of esters is 2. The van der Waals surface area contributed by atoms with E-state index in [0.717, 1.165) is 20.5 Å². The topological polar surface area (TPSA) is 218 Å². The Bertz CT molecular complexity index is 1380. The van der Waals surface area contributed by atoms with E-state index in [1.807, 2.05) is 0 Å². The molecule has 0 atom stereocenters. The molecule has 1 heterocycles. The monoisotopic (exact) mass is 525 g/mol. The van der Waals surface area contributed by atoms with Gasteiger partial charge in [0.2, 0.25) is 17.5 Å². The Morgan fingerprint density at radius 2 is 1.45 bits per heavy atom. The fraction of sp³-hybridized carbons (Fsp3) is 0.136. The lowest BCUT2D eigenvalue weighted by Gasteiger charge is -2.12. The predicted molar refractivity (Wildman–Crippen MR) is 130 cm³/mol. The second-order valence-electron chi connectivity index (χ2n) is 7.36. The molecule has 1 amide bonds. The summed E-state index contributed by atoms with van der Waals surface area (Å²) in [6.07, 6.45) is 0.789. The van der Waals surface area contributed by atoms with Crippen LogP contribution in [-0.2, 0) is 20.7 Å². The highest BCUT2D eigenvalue weighted by molar-refractivity contribution is 5.97. The summed E-state index contributed by atoms with van der Waals surface area (Å²) in [4.78, 5) is 65.2. The molecule has 38 heavy (non-hydrogen) atoms. The molecular weight excluding hydrogens is 506 g/mol. The van der Waals surface area contributed by atoms with Crippen molar-refractivity contribution in [1.29, 1.82) is 0 Å². The second-order valence-corrected chi connectivity index (χ2v) is 7.36. The van der Waals surface area contributed by atoms with Crippen LogP contribution in [0.4, 0.5) is 28.7 Å². The minimum absolute atomic E-state index is 0.0357. The number of carbonyl (C=O) groups excluding carboxylic acids is 3. The van der Waals surface area contributed by atoms with Gasteiger partial charge in [0.1, 0.15) is 6.33 Å². The number of rotatable bonds is 10. The van der Waals surface area contributed by atoms with E-state index in [0.29, 0.717) is 5.56 Å². The fourth-order valence-electron chi connectivity index (χ4n) is 3.14. The molecule has 3 aromatic rings. The first-order valence-electron chi connectivity index (χ1n) is 10.5. The van der Waals surface area contributed by atoms with Crippen LogP contribution < -0.4 is 16.2 Å². The van der Waals surface area contributed by atoms with Crippen LogP contribution in [0.3, 0.4) is 0 Å². The van der Waals surface area contributed by atoms with Crippen LogP contribution >= 0.6 is 0 Å². The Balaban J connectivity index is 1.82. The van der Waals surface area contributed by atoms with E-state index < -0.39 is 33.4 Å². The molecule has 0 saturated heterocycles. The Morgan fingerprint density at radius 1 is 0.868 bits per heavy atom. The second kappa shape index (κ2) is 11.8. The average molecular weight is 525 g/mol. The van der Waals surface area contributed by atoms with Crippen LogP contribution in [0.25, 0.3) is 0 Å². The molecule has 0 fully saturated rings. The highest BCUT2D eigenvalue weighted by atomic mass is 16.6. The van der Waals surface area contributed by atoms with Crippen molar-refractivity contribution in [2.45, 2.75) is 6.42 Å². The molecule has 3 N–H and O–H groups in total. The molecule has 0 aliphatic carbocycles. The average Bonchev–Trinajstić information content (AvgIpc) is 2.90. The summed E-state index contributed by atoms with van der Waals surface area (Å²) in [6, 6.07) is 9.07. The Morgan fingerprint density at radius 3 is 1.97 bits per heavy atom. The molecule has 0 spiro atoms. The number of nitro benzene ring substituents is 1. The molecule has 0 aliphatic heterocycles.